The van der Waals surface area contributed by atoms with Gasteiger partial charge in [0, 0.05) is 31.1 Å². The standard InChI is InChI=1S/C16H20N2O2/c1-12(17)16(14-6-4-8-18-10-14)20-15-7-3-5-13(9-15)11-19-2/h3-10,12,16H,11,17H2,1-2H3. The van der Waals surface area contributed by atoms with Gasteiger partial charge in [0.25, 0.3) is 0 Å². The fourth-order valence-corrected chi connectivity index (χ4v) is 2.05. The number of aromatic nitrogens is 1. The van der Waals surface area contributed by atoms with E-state index in [4.69, 9.17) is 15.2 Å². The summed E-state index contributed by atoms with van der Waals surface area (Å²) >= 11 is 0. The van der Waals surface area contributed by atoms with Gasteiger partial charge in [0.05, 0.1) is 6.61 Å². The van der Waals surface area contributed by atoms with Gasteiger partial charge in [-0.2, -0.15) is 0 Å². The molecule has 2 rings (SSSR count). The molecule has 106 valence electrons. The van der Waals surface area contributed by atoms with E-state index >= 15 is 0 Å². The second-order valence-corrected chi connectivity index (χ2v) is 4.76. The molecule has 0 aliphatic heterocycles. The van der Waals surface area contributed by atoms with E-state index < -0.39 is 0 Å². The summed E-state index contributed by atoms with van der Waals surface area (Å²) in [5, 5.41) is 0. The largest absolute Gasteiger partial charge is 0.484 e. The lowest BCUT2D eigenvalue weighted by atomic mass is 10.1. The van der Waals surface area contributed by atoms with Crippen LogP contribution in [0.4, 0.5) is 0 Å². The van der Waals surface area contributed by atoms with Gasteiger partial charge in [0.1, 0.15) is 11.9 Å². The zero-order valence-electron chi connectivity index (χ0n) is 11.8. The summed E-state index contributed by atoms with van der Waals surface area (Å²) in [5.74, 6) is 0.783. The zero-order chi connectivity index (χ0) is 14.4. The molecule has 2 aromatic rings. The van der Waals surface area contributed by atoms with E-state index in [0.29, 0.717) is 6.61 Å². The van der Waals surface area contributed by atoms with Crippen molar-refractivity contribution in [1.82, 2.24) is 4.98 Å². The van der Waals surface area contributed by atoms with Gasteiger partial charge in [-0.15, -0.1) is 0 Å². The molecular weight excluding hydrogens is 252 g/mol. The number of rotatable bonds is 6. The summed E-state index contributed by atoms with van der Waals surface area (Å²) < 4.78 is 11.2. The molecule has 0 saturated carbocycles. The molecule has 4 nitrogen and oxygen atoms in total. The van der Waals surface area contributed by atoms with Gasteiger partial charge < -0.3 is 15.2 Å². The van der Waals surface area contributed by atoms with Crippen LogP contribution in [0.15, 0.2) is 48.8 Å². The Bertz CT molecular complexity index is 529. The predicted octanol–water partition coefficient (Wildman–Crippen LogP) is 2.70. The number of nitrogens with two attached hydrogens (primary N) is 1. The third-order valence-electron chi connectivity index (χ3n) is 2.96. The molecule has 0 aliphatic rings. The number of hydrogen-bond acceptors (Lipinski definition) is 4. The van der Waals surface area contributed by atoms with Crippen LogP contribution in [0.5, 0.6) is 5.75 Å². The molecule has 0 saturated heterocycles. The fourth-order valence-electron chi connectivity index (χ4n) is 2.05. The Morgan fingerprint density at radius 1 is 1.25 bits per heavy atom. The summed E-state index contributed by atoms with van der Waals surface area (Å²) in [6.45, 7) is 2.49. The molecule has 0 bridgehead atoms. The van der Waals surface area contributed by atoms with Gasteiger partial charge in [0.15, 0.2) is 0 Å². The smallest absolute Gasteiger partial charge is 0.140 e. The van der Waals surface area contributed by atoms with Crippen LogP contribution in [0.3, 0.4) is 0 Å². The van der Waals surface area contributed by atoms with E-state index in [-0.39, 0.29) is 12.1 Å². The summed E-state index contributed by atoms with van der Waals surface area (Å²) in [6.07, 6.45) is 3.30. The highest BCUT2D eigenvalue weighted by Crippen LogP contribution is 2.24. The minimum atomic E-state index is -0.221. The van der Waals surface area contributed by atoms with Crippen molar-refractivity contribution in [2.24, 2.45) is 5.73 Å². The van der Waals surface area contributed by atoms with Crippen molar-refractivity contribution in [2.45, 2.75) is 25.7 Å². The third-order valence-corrected chi connectivity index (χ3v) is 2.96. The van der Waals surface area contributed by atoms with Gasteiger partial charge in [-0.1, -0.05) is 18.2 Å². The van der Waals surface area contributed by atoms with Crippen LogP contribution in [0.2, 0.25) is 0 Å². The summed E-state index contributed by atoms with van der Waals surface area (Å²) in [5.41, 5.74) is 8.08. The SMILES string of the molecule is COCc1cccc(OC(c2cccnc2)C(C)N)c1. The molecule has 1 heterocycles. The topological polar surface area (TPSA) is 57.4 Å². The maximum absolute atomic E-state index is 6.04. The van der Waals surface area contributed by atoms with E-state index in [0.717, 1.165) is 16.9 Å². The first-order valence-electron chi connectivity index (χ1n) is 6.60. The molecule has 0 aliphatic carbocycles. The molecular formula is C16H20N2O2. The number of pyridine rings is 1. The Kier molecular flexibility index (Phi) is 5.09. The highest BCUT2D eigenvalue weighted by Gasteiger charge is 2.18. The van der Waals surface area contributed by atoms with Crippen molar-refractivity contribution in [2.75, 3.05) is 7.11 Å². The Morgan fingerprint density at radius 2 is 2.10 bits per heavy atom. The molecule has 1 aromatic carbocycles. The minimum absolute atomic E-state index is 0.134. The quantitative estimate of drug-likeness (QED) is 0.878. The Hall–Kier alpha value is -1.91. The lowest BCUT2D eigenvalue weighted by molar-refractivity contribution is 0.174. The molecule has 0 spiro atoms. The highest BCUT2D eigenvalue weighted by atomic mass is 16.5. The second kappa shape index (κ2) is 7.03. The third kappa shape index (κ3) is 3.79. The Morgan fingerprint density at radius 3 is 2.75 bits per heavy atom. The molecule has 4 heteroatoms. The minimum Gasteiger partial charge on any atom is -0.484 e. The average molecular weight is 272 g/mol. The van der Waals surface area contributed by atoms with E-state index in [9.17, 15) is 0 Å². The predicted molar refractivity (Wildman–Crippen MR) is 78.4 cm³/mol. The van der Waals surface area contributed by atoms with Crippen LogP contribution in [-0.2, 0) is 11.3 Å². The van der Waals surface area contributed by atoms with Gasteiger partial charge in [-0.05, 0) is 30.7 Å². The Balaban J connectivity index is 2.18. The lowest BCUT2D eigenvalue weighted by Gasteiger charge is -2.23. The molecule has 0 radical (unpaired) electrons. The van der Waals surface area contributed by atoms with Crippen molar-refractivity contribution in [3.05, 3.63) is 59.9 Å². The molecule has 20 heavy (non-hydrogen) atoms. The maximum Gasteiger partial charge on any atom is 0.140 e. The summed E-state index contributed by atoms with van der Waals surface area (Å²) in [6, 6.07) is 11.6. The van der Waals surface area contributed by atoms with Crippen LogP contribution < -0.4 is 10.5 Å². The number of benzene rings is 1. The van der Waals surface area contributed by atoms with E-state index in [2.05, 4.69) is 4.98 Å². The van der Waals surface area contributed by atoms with Crippen molar-refractivity contribution >= 4 is 0 Å². The number of nitrogens with zero attached hydrogens (tertiary/aromatic N) is 1. The fraction of sp³-hybridized carbons (Fsp3) is 0.312. The molecule has 1 aromatic heterocycles. The number of hydrogen-bond donors (Lipinski definition) is 1. The van der Waals surface area contributed by atoms with E-state index in [1.165, 1.54) is 0 Å². The summed E-state index contributed by atoms with van der Waals surface area (Å²) in [7, 11) is 1.67. The van der Waals surface area contributed by atoms with Gasteiger partial charge >= 0.3 is 0 Å². The second-order valence-electron chi connectivity index (χ2n) is 4.76. The highest BCUT2D eigenvalue weighted by molar-refractivity contribution is 5.29. The van der Waals surface area contributed by atoms with Crippen LogP contribution in [0.1, 0.15) is 24.2 Å². The van der Waals surface area contributed by atoms with Crippen molar-refractivity contribution in [3.63, 3.8) is 0 Å². The lowest BCUT2D eigenvalue weighted by Crippen LogP contribution is -2.29. The van der Waals surface area contributed by atoms with Gasteiger partial charge in [0.2, 0.25) is 0 Å². The molecule has 0 fully saturated rings. The molecule has 0 amide bonds. The van der Waals surface area contributed by atoms with Gasteiger partial charge in [-0.3, -0.25) is 4.98 Å². The van der Waals surface area contributed by atoms with E-state index in [1.807, 2.05) is 43.3 Å². The van der Waals surface area contributed by atoms with Crippen LogP contribution in [0, 0.1) is 0 Å². The van der Waals surface area contributed by atoms with E-state index in [1.54, 1.807) is 19.5 Å². The first-order chi connectivity index (χ1) is 9.70. The first kappa shape index (κ1) is 14.5. The number of ether oxygens (including phenoxy) is 2. The van der Waals surface area contributed by atoms with Crippen LogP contribution >= 0.6 is 0 Å². The number of methoxy groups -OCH3 is 1. The van der Waals surface area contributed by atoms with Crippen LogP contribution in [-0.4, -0.2) is 18.1 Å². The van der Waals surface area contributed by atoms with Crippen molar-refractivity contribution < 1.29 is 9.47 Å². The maximum atomic E-state index is 6.04. The zero-order valence-corrected chi connectivity index (χ0v) is 11.8. The normalized spacial score (nSPS) is 13.8. The monoisotopic (exact) mass is 272 g/mol. The van der Waals surface area contributed by atoms with Gasteiger partial charge in [-0.25, -0.2) is 0 Å². The first-order valence-corrected chi connectivity index (χ1v) is 6.60. The molecule has 2 unspecified atom stereocenters. The molecule has 2 atom stereocenters. The average Bonchev–Trinajstić information content (AvgIpc) is 2.46. The Labute approximate surface area is 119 Å². The summed E-state index contributed by atoms with van der Waals surface area (Å²) in [4.78, 5) is 4.12. The van der Waals surface area contributed by atoms with Crippen molar-refractivity contribution in [1.29, 1.82) is 0 Å². The molecule has 2 N–H and O–H groups in total. The van der Waals surface area contributed by atoms with Crippen molar-refractivity contribution in [3.8, 4) is 5.75 Å². The van der Waals surface area contributed by atoms with Crippen LogP contribution in [0.25, 0.3) is 0 Å².